The van der Waals surface area contributed by atoms with Gasteiger partial charge >= 0.3 is 0 Å². The van der Waals surface area contributed by atoms with E-state index in [1.807, 2.05) is 0 Å². The molecular formula is C95H61N5. The molecule has 466 valence electrons. The number of para-hydroxylation sites is 4. The predicted molar refractivity (Wildman–Crippen MR) is 420 cm³/mol. The number of pyridine rings is 1. The second kappa shape index (κ2) is 23.2. The number of nitrogens with zero attached hydrogens (tertiary/aromatic N) is 5. The highest BCUT2D eigenvalue weighted by Gasteiger charge is 2.21. The summed E-state index contributed by atoms with van der Waals surface area (Å²) in [6.07, 6.45) is 0. The minimum absolute atomic E-state index is 0.866. The van der Waals surface area contributed by atoms with E-state index in [1.54, 1.807) is 0 Å². The van der Waals surface area contributed by atoms with Gasteiger partial charge in [0.1, 0.15) is 5.82 Å². The Morgan fingerprint density at radius 2 is 0.430 bits per heavy atom. The number of aromatic nitrogens is 5. The molecular weight excluding hydrogens is 1210 g/mol. The summed E-state index contributed by atoms with van der Waals surface area (Å²) in [6, 6.07) is 135. The van der Waals surface area contributed by atoms with E-state index in [2.05, 4.69) is 388 Å². The van der Waals surface area contributed by atoms with Gasteiger partial charge < -0.3 is 13.7 Å². The number of hydrogen-bond donors (Lipinski definition) is 0. The van der Waals surface area contributed by atoms with Crippen LogP contribution in [0.3, 0.4) is 0 Å². The number of benzene rings is 15. The summed E-state index contributed by atoms with van der Waals surface area (Å²) in [4.78, 5) is 5.54. The van der Waals surface area contributed by atoms with Crippen molar-refractivity contribution in [2.24, 2.45) is 0 Å². The molecule has 0 atom stereocenters. The summed E-state index contributed by atoms with van der Waals surface area (Å²) in [5, 5.41) is 9.62. The Hall–Kier alpha value is -13.4. The topological polar surface area (TPSA) is 32.6 Å². The maximum atomic E-state index is 5.54. The maximum absolute atomic E-state index is 5.54. The van der Waals surface area contributed by atoms with Crippen LogP contribution in [0.15, 0.2) is 370 Å². The Balaban J connectivity index is 0.679. The fraction of sp³-hybridized carbons (Fsp3) is 0. The summed E-state index contributed by atoms with van der Waals surface area (Å²) in [7, 11) is 0. The second-order valence-electron chi connectivity index (χ2n) is 26.3. The highest BCUT2D eigenvalue weighted by molar-refractivity contribution is 6.15. The Morgan fingerprint density at radius 3 is 0.900 bits per heavy atom. The summed E-state index contributed by atoms with van der Waals surface area (Å²) < 4.78 is 9.63. The molecule has 0 aliphatic rings. The SMILES string of the molecule is c1ccc(-c2ccc(-c3cccc(-n4c5ccccc5c5cc(-c6cccc(-n7c8ccccc8c8cc(-c9ccc%10c%11ccc(-c%12cccc(-n%13c%14ccccc%14c%14ccccc%14%13)c%12)cc%11n(-c%11cccc(-c%12ccc(-c%13ccccc%13)cc%12)c%11)c%10c9)ccc87)n6)ccc54)c3)cc2)cc1. The van der Waals surface area contributed by atoms with Crippen LogP contribution in [0.25, 0.3) is 188 Å². The van der Waals surface area contributed by atoms with Crippen LogP contribution in [-0.4, -0.2) is 23.3 Å². The van der Waals surface area contributed by atoms with Crippen LogP contribution in [0.1, 0.15) is 0 Å². The van der Waals surface area contributed by atoms with Crippen LogP contribution in [0.4, 0.5) is 0 Å². The molecule has 20 rings (SSSR count). The van der Waals surface area contributed by atoms with Crippen LogP contribution in [0.5, 0.6) is 0 Å². The quantitative estimate of drug-likeness (QED) is 0.127. The lowest BCUT2D eigenvalue weighted by molar-refractivity contribution is 1.08. The van der Waals surface area contributed by atoms with Crippen molar-refractivity contribution >= 4 is 87.2 Å². The monoisotopic (exact) mass is 1270 g/mol. The third kappa shape index (κ3) is 9.43. The molecule has 0 saturated carbocycles. The summed E-state index contributed by atoms with van der Waals surface area (Å²) in [5.74, 6) is 0.866. The number of rotatable bonds is 11. The van der Waals surface area contributed by atoms with Gasteiger partial charge in [-0.15, -0.1) is 0 Å². The van der Waals surface area contributed by atoms with Gasteiger partial charge in [0.15, 0.2) is 0 Å². The Kier molecular flexibility index (Phi) is 13.2. The van der Waals surface area contributed by atoms with Gasteiger partial charge in [-0.2, -0.15) is 0 Å². The van der Waals surface area contributed by atoms with Crippen molar-refractivity contribution in [3.63, 3.8) is 0 Å². The van der Waals surface area contributed by atoms with E-state index in [9.17, 15) is 0 Å². The molecule has 0 N–H and O–H groups in total. The molecule has 20 aromatic rings. The highest BCUT2D eigenvalue weighted by Crippen LogP contribution is 2.43. The molecule has 0 aliphatic heterocycles. The molecule has 5 heterocycles. The minimum atomic E-state index is 0.866. The fourth-order valence-electron chi connectivity index (χ4n) is 15.8. The summed E-state index contributed by atoms with van der Waals surface area (Å²) >= 11 is 0. The zero-order chi connectivity index (χ0) is 65.8. The molecule has 0 amide bonds. The van der Waals surface area contributed by atoms with Crippen LogP contribution in [-0.2, 0) is 0 Å². The van der Waals surface area contributed by atoms with Crippen LogP contribution >= 0.6 is 0 Å². The summed E-state index contributed by atoms with van der Waals surface area (Å²) in [5.41, 5.74) is 28.6. The van der Waals surface area contributed by atoms with Gasteiger partial charge in [-0.05, 0) is 176 Å². The molecule has 0 bridgehead atoms. The average molecular weight is 1270 g/mol. The summed E-state index contributed by atoms with van der Waals surface area (Å²) in [6.45, 7) is 0. The molecule has 0 spiro atoms. The van der Waals surface area contributed by atoms with Gasteiger partial charge in [0.05, 0.1) is 49.8 Å². The zero-order valence-corrected chi connectivity index (χ0v) is 54.5. The number of hydrogen-bond acceptors (Lipinski definition) is 1. The molecule has 5 nitrogen and oxygen atoms in total. The molecule has 0 aliphatic carbocycles. The highest BCUT2D eigenvalue weighted by atomic mass is 15.1. The van der Waals surface area contributed by atoms with Crippen LogP contribution < -0.4 is 0 Å². The first-order chi connectivity index (χ1) is 49.6. The van der Waals surface area contributed by atoms with Gasteiger partial charge in [-0.25, -0.2) is 4.98 Å². The van der Waals surface area contributed by atoms with E-state index < -0.39 is 0 Å². The van der Waals surface area contributed by atoms with E-state index >= 15 is 0 Å². The largest absolute Gasteiger partial charge is 0.309 e. The third-order valence-electron chi connectivity index (χ3n) is 20.6. The van der Waals surface area contributed by atoms with E-state index in [4.69, 9.17) is 4.98 Å². The van der Waals surface area contributed by atoms with Crippen molar-refractivity contribution in [3.05, 3.63) is 370 Å². The fourth-order valence-corrected chi connectivity index (χ4v) is 15.8. The Morgan fingerprint density at radius 1 is 0.150 bits per heavy atom. The lowest BCUT2D eigenvalue weighted by atomic mass is 10.00. The first kappa shape index (κ1) is 56.9. The normalized spacial score (nSPS) is 11.8. The smallest absolute Gasteiger partial charge is 0.138 e. The maximum Gasteiger partial charge on any atom is 0.138 e. The van der Waals surface area contributed by atoms with Gasteiger partial charge in [0.2, 0.25) is 0 Å². The van der Waals surface area contributed by atoms with Gasteiger partial charge in [0.25, 0.3) is 0 Å². The zero-order valence-electron chi connectivity index (χ0n) is 54.5. The van der Waals surface area contributed by atoms with Crippen molar-refractivity contribution in [2.45, 2.75) is 0 Å². The molecule has 15 aromatic carbocycles. The van der Waals surface area contributed by atoms with Crippen molar-refractivity contribution in [1.29, 1.82) is 0 Å². The van der Waals surface area contributed by atoms with Gasteiger partial charge in [0, 0.05) is 65.7 Å². The van der Waals surface area contributed by atoms with Crippen molar-refractivity contribution in [1.82, 2.24) is 23.3 Å². The van der Waals surface area contributed by atoms with Gasteiger partial charge in [-0.1, -0.05) is 261 Å². The Labute approximate surface area is 577 Å². The molecule has 0 radical (unpaired) electrons. The van der Waals surface area contributed by atoms with Crippen molar-refractivity contribution in [3.8, 4) is 101 Å². The second-order valence-corrected chi connectivity index (χ2v) is 26.3. The van der Waals surface area contributed by atoms with Crippen LogP contribution in [0.2, 0.25) is 0 Å². The molecule has 5 heteroatoms. The van der Waals surface area contributed by atoms with Crippen molar-refractivity contribution in [2.75, 3.05) is 0 Å². The van der Waals surface area contributed by atoms with Gasteiger partial charge in [-0.3, -0.25) is 4.57 Å². The minimum Gasteiger partial charge on any atom is -0.309 e. The first-order valence-corrected chi connectivity index (χ1v) is 34.3. The van der Waals surface area contributed by atoms with E-state index in [0.29, 0.717) is 0 Å². The molecule has 0 unspecified atom stereocenters. The van der Waals surface area contributed by atoms with E-state index in [-0.39, 0.29) is 0 Å². The lowest BCUT2D eigenvalue weighted by Gasteiger charge is -2.13. The predicted octanol–water partition coefficient (Wildman–Crippen LogP) is 25.1. The Bertz CT molecular complexity index is 6570. The van der Waals surface area contributed by atoms with E-state index in [0.717, 1.165) is 95.1 Å². The molecule has 100 heavy (non-hydrogen) atoms. The molecule has 0 saturated heterocycles. The number of fused-ring (bicyclic) bond motifs is 12. The molecule has 5 aromatic heterocycles. The average Bonchev–Trinajstić information content (AvgIpc) is 1.59. The standard InChI is InChI=1S/C95H61N5/c1-3-19-62(20-4-1)64-39-43-66(44-40-64)68-23-15-26-75(55-68)98-89-36-13-9-31-80(89)85-59-74(50-54-91(85)98)86-33-18-38-95(96-86)100-90-37-14-10-32-81(90)84-58-71(49-53-92(84)100)73-48-52-83-82-51-47-72(70-25-17-27-76(57-70)97-87-34-11-7-29-78(87)79-30-8-12-35-88(79)97)60-93(82)99(94(83)61-73)77-28-16-24-69(56-77)67-45-41-65(42-46-67)63-21-5-2-6-22-63/h1-61H. The van der Waals surface area contributed by atoms with Crippen molar-refractivity contribution < 1.29 is 0 Å². The van der Waals surface area contributed by atoms with E-state index in [1.165, 1.54) is 93.1 Å². The third-order valence-corrected chi connectivity index (χ3v) is 20.6. The lowest BCUT2D eigenvalue weighted by Crippen LogP contribution is -1.98. The first-order valence-electron chi connectivity index (χ1n) is 34.3. The van der Waals surface area contributed by atoms with Crippen LogP contribution in [0, 0.1) is 0 Å². The molecule has 0 fully saturated rings.